The molecule has 0 saturated carbocycles. The second-order valence-electron chi connectivity index (χ2n) is 3.86. The summed E-state index contributed by atoms with van der Waals surface area (Å²) < 4.78 is 0. The molecule has 0 radical (unpaired) electrons. The predicted octanol–water partition coefficient (Wildman–Crippen LogP) is 1.09. The van der Waals surface area contributed by atoms with Gasteiger partial charge in [-0.25, -0.2) is 4.90 Å². The van der Waals surface area contributed by atoms with Crippen LogP contribution in [0.15, 0.2) is 43.0 Å². The number of amides is 2. The average molecular weight is 230 g/mol. The molecule has 1 saturated heterocycles. The minimum Gasteiger partial charge on any atom is -0.302 e. The number of carbonyl (C=O) groups excluding carboxylic acids is 2. The van der Waals surface area contributed by atoms with Crippen molar-refractivity contribution >= 4 is 17.5 Å². The van der Waals surface area contributed by atoms with E-state index in [-0.39, 0.29) is 18.2 Å². The first kappa shape index (κ1) is 11.5. The number of para-hydroxylation sites is 1. The Morgan fingerprint density at radius 3 is 2.71 bits per heavy atom. The Labute approximate surface area is 99.9 Å². The van der Waals surface area contributed by atoms with Crippen molar-refractivity contribution in [2.24, 2.45) is 0 Å². The lowest BCUT2D eigenvalue weighted by molar-refractivity contribution is -0.121. The zero-order valence-electron chi connectivity index (χ0n) is 9.43. The second kappa shape index (κ2) is 4.93. The van der Waals surface area contributed by atoms with Crippen molar-refractivity contribution in [3.8, 4) is 0 Å². The Bertz CT molecular complexity index is 442. The molecule has 1 unspecified atom stereocenters. The van der Waals surface area contributed by atoms with Gasteiger partial charge in [-0.3, -0.25) is 9.59 Å². The lowest BCUT2D eigenvalue weighted by Crippen LogP contribution is -2.38. The quantitative estimate of drug-likeness (QED) is 0.622. The van der Waals surface area contributed by atoms with E-state index in [1.807, 2.05) is 6.07 Å². The van der Waals surface area contributed by atoms with Crippen LogP contribution in [0.5, 0.6) is 0 Å². The molecule has 0 aromatic heterocycles. The maximum Gasteiger partial charge on any atom is 0.251 e. The lowest BCUT2D eigenvalue weighted by Gasteiger charge is -2.14. The summed E-state index contributed by atoms with van der Waals surface area (Å²) in [5.74, 6) is -0.356. The molecule has 2 rings (SSSR count). The summed E-state index contributed by atoms with van der Waals surface area (Å²) in [5, 5.41) is 2.98. The fourth-order valence-corrected chi connectivity index (χ4v) is 1.87. The number of benzene rings is 1. The fraction of sp³-hybridized carbons (Fsp3) is 0.231. The van der Waals surface area contributed by atoms with Crippen molar-refractivity contribution < 1.29 is 9.59 Å². The van der Waals surface area contributed by atoms with Crippen LogP contribution in [0.4, 0.5) is 5.69 Å². The largest absolute Gasteiger partial charge is 0.302 e. The van der Waals surface area contributed by atoms with Crippen LogP contribution in [0.2, 0.25) is 0 Å². The van der Waals surface area contributed by atoms with E-state index in [1.165, 1.54) is 4.90 Å². The molecule has 2 amide bonds. The zero-order valence-corrected chi connectivity index (χ0v) is 9.43. The molecule has 17 heavy (non-hydrogen) atoms. The summed E-state index contributed by atoms with van der Waals surface area (Å²) in [5.41, 5.74) is 0.630. The van der Waals surface area contributed by atoms with Gasteiger partial charge in [0.05, 0.1) is 18.2 Å². The molecule has 1 atom stereocenters. The third kappa shape index (κ3) is 2.26. The van der Waals surface area contributed by atoms with Crippen LogP contribution in [-0.2, 0) is 9.59 Å². The third-order valence-electron chi connectivity index (χ3n) is 2.67. The molecule has 4 heteroatoms. The van der Waals surface area contributed by atoms with Crippen molar-refractivity contribution in [1.29, 1.82) is 0 Å². The molecule has 1 N–H and O–H groups in total. The van der Waals surface area contributed by atoms with Gasteiger partial charge in [0, 0.05) is 6.54 Å². The molecule has 88 valence electrons. The van der Waals surface area contributed by atoms with Crippen LogP contribution in [0, 0.1) is 0 Å². The van der Waals surface area contributed by atoms with Gasteiger partial charge in [-0.05, 0) is 12.1 Å². The third-order valence-corrected chi connectivity index (χ3v) is 2.67. The van der Waals surface area contributed by atoms with E-state index < -0.39 is 6.04 Å². The van der Waals surface area contributed by atoms with Crippen molar-refractivity contribution in [3.05, 3.63) is 43.0 Å². The summed E-state index contributed by atoms with van der Waals surface area (Å²) >= 11 is 0. The van der Waals surface area contributed by atoms with Crippen LogP contribution < -0.4 is 10.2 Å². The van der Waals surface area contributed by atoms with E-state index in [9.17, 15) is 9.59 Å². The number of imide groups is 1. The smallest absolute Gasteiger partial charge is 0.251 e. The molecular formula is C13H14N2O2. The predicted molar refractivity (Wildman–Crippen MR) is 65.5 cm³/mol. The molecule has 0 bridgehead atoms. The number of rotatable bonds is 4. The highest BCUT2D eigenvalue weighted by molar-refractivity contribution is 6.22. The SMILES string of the molecule is C=CCNC1CC(=O)N(c2ccccc2)C1=O. The first-order valence-corrected chi connectivity index (χ1v) is 5.50. The molecule has 1 aromatic carbocycles. The maximum atomic E-state index is 12.0. The van der Waals surface area contributed by atoms with Crippen molar-refractivity contribution in [2.45, 2.75) is 12.5 Å². The van der Waals surface area contributed by atoms with E-state index in [4.69, 9.17) is 0 Å². The maximum absolute atomic E-state index is 12.0. The number of nitrogens with zero attached hydrogens (tertiary/aromatic N) is 1. The van der Waals surface area contributed by atoms with Crippen LogP contribution in [0.1, 0.15) is 6.42 Å². The Morgan fingerprint density at radius 1 is 1.35 bits per heavy atom. The van der Waals surface area contributed by atoms with Gasteiger partial charge in [-0.15, -0.1) is 6.58 Å². The van der Waals surface area contributed by atoms with E-state index >= 15 is 0 Å². The highest BCUT2D eigenvalue weighted by Crippen LogP contribution is 2.22. The summed E-state index contributed by atoms with van der Waals surface area (Å²) in [6.07, 6.45) is 1.88. The Kier molecular flexibility index (Phi) is 3.35. The summed E-state index contributed by atoms with van der Waals surface area (Å²) in [4.78, 5) is 25.1. The Morgan fingerprint density at radius 2 is 2.06 bits per heavy atom. The Balaban J connectivity index is 2.17. The number of hydrogen-bond donors (Lipinski definition) is 1. The summed E-state index contributed by atoms with van der Waals surface area (Å²) in [7, 11) is 0. The molecule has 0 spiro atoms. The molecule has 1 aliphatic heterocycles. The fourth-order valence-electron chi connectivity index (χ4n) is 1.87. The monoisotopic (exact) mass is 230 g/mol. The molecule has 1 aliphatic rings. The van der Waals surface area contributed by atoms with Gasteiger partial charge in [0.1, 0.15) is 0 Å². The van der Waals surface area contributed by atoms with Gasteiger partial charge >= 0.3 is 0 Å². The normalized spacial score (nSPS) is 19.8. The number of anilines is 1. The zero-order chi connectivity index (χ0) is 12.3. The lowest BCUT2D eigenvalue weighted by atomic mass is 10.2. The average Bonchev–Trinajstić information content (AvgIpc) is 2.63. The van der Waals surface area contributed by atoms with E-state index in [0.717, 1.165) is 0 Å². The van der Waals surface area contributed by atoms with Gasteiger partial charge in [-0.2, -0.15) is 0 Å². The Hall–Kier alpha value is -1.94. The molecule has 1 aromatic rings. The minimum atomic E-state index is -0.430. The van der Waals surface area contributed by atoms with Gasteiger partial charge < -0.3 is 5.32 Å². The molecular weight excluding hydrogens is 216 g/mol. The van der Waals surface area contributed by atoms with Crippen molar-refractivity contribution in [1.82, 2.24) is 5.32 Å². The van der Waals surface area contributed by atoms with E-state index in [0.29, 0.717) is 12.2 Å². The van der Waals surface area contributed by atoms with E-state index in [1.54, 1.807) is 30.3 Å². The summed E-state index contributed by atoms with van der Waals surface area (Å²) in [6.45, 7) is 4.09. The van der Waals surface area contributed by atoms with Gasteiger partial charge in [0.25, 0.3) is 5.91 Å². The molecule has 4 nitrogen and oxygen atoms in total. The molecule has 1 heterocycles. The van der Waals surface area contributed by atoms with Crippen LogP contribution in [0.25, 0.3) is 0 Å². The van der Waals surface area contributed by atoms with Crippen LogP contribution >= 0.6 is 0 Å². The topological polar surface area (TPSA) is 49.4 Å². The molecule has 1 fully saturated rings. The highest BCUT2D eigenvalue weighted by Gasteiger charge is 2.38. The second-order valence-corrected chi connectivity index (χ2v) is 3.86. The highest BCUT2D eigenvalue weighted by atomic mass is 16.2. The minimum absolute atomic E-state index is 0.164. The van der Waals surface area contributed by atoms with Crippen molar-refractivity contribution in [3.63, 3.8) is 0 Å². The van der Waals surface area contributed by atoms with Gasteiger partial charge in [0.15, 0.2) is 0 Å². The first-order chi connectivity index (χ1) is 8.24. The number of nitrogens with one attached hydrogen (secondary N) is 1. The van der Waals surface area contributed by atoms with Gasteiger partial charge in [-0.1, -0.05) is 24.3 Å². The van der Waals surface area contributed by atoms with Crippen molar-refractivity contribution in [2.75, 3.05) is 11.4 Å². The van der Waals surface area contributed by atoms with Gasteiger partial charge in [0.2, 0.25) is 5.91 Å². The van der Waals surface area contributed by atoms with E-state index in [2.05, 4.69) is 11.9 Å². The van der Waals surface area contributed by atoms with Crippen LogP contribution in [-0.4, -0.2) is 24.4 Å². The number of hydrogen-bond acceptors (Lipinski definition) is 3. The van der Waals surface area contributed by atoms with Crippen LogP contribution in [0.3, 0.4) is 0 Å². The summed E-state index contributed by atoms with van der Waals surface area (Å²) in [6, 6.07) is 8.54. The molecule has 0 aliphatic carbocycles. The number of carbonyl (C=O) groups is 2. The first-order valence-electron chi connectivity index (χ1n) is 5.50. The standard InChI is InChI=1S/C13H14N2O2/c1-2-8-14-11-9-12(16)15(13(11)17)10-6-4-3-5-7-10/h2-7,11,14H,1,8-9H2.